The second-order valence-corrected chi connectivity index (χ2v) is 12.3. The number of carbonyl (C=O) groups is 1. The van der Waals surface area contributed by atoms with Crippen LogP contribution in [0.15, 0.2) is 41.3 Å². The lowest BCUT2D eigenvalue weighted by Gasteiger charge is -2.22. The van der Waals surface area contributed by atoms with Gasteiger partial charge < -0.3 is 9.47 Å². The highest BCUT2D eigenvalue weighted by molar-refractivity contribution is 7.89. The van der Waals surface area contributed by atoms with E-state index < -0.39 is 44.3 Å². The van der Waals surface area contributed by atoms with E-state index >= 15 is 0 Å². The minimum Gasteiger partial charge on any atom is -0.482 e. The molecule has 1 N–H and O–H groups in total. The molecule has 1 aliphatic rings. The molecule has 2 aromatic carbocycles. The maximum absolute atomic E-state index is 13.5. The van der Waals surface area contributed by atoms with Crippen molar-refractivity contribution in [2.24, 2.45) is 0 Å². The summed E-state index contributed by atoms with van der Waals surface area (Å²) in [6.45, 7) is 8.38. The molecule has 2 aromatic rings. The molecule has 1 unspecified atom stereocenters. The number of sulfonamides is 1. The number of halogens is 3. The van der Waals surface area contributed by atoms with E-state index in [4.69, 9.17) is 9.47 Å². The third kappa shape index (κ3) is 7.70. The van der Waals surface area contributed by atoms with E-state index in [1.807, 2.05) is 0 Å². The van der Waals surface area contributed by atoms with Gasteiger partial charge in [-0.1, -0.05) is 32.4 Å². The van der Waals surface area contributed by atoms with Crippen LogP contribution in [0.3, 0.4) is 0 Å². The van der Waals surface area contributed by atoms with Crippen LogP contribution in [0.5, 0.6) is 5.75 Å². The zero-order valence-corrected chi connectivity index (χ0v) is 22.6. The quantitative estimate of drug-likeness (QED) is 0.329. The van der Waals surface area contributed by atoms with Crippen molar-refractivity contribution in [3.8, 4) is 5.75 Å². The van der Waals surface area contributed by atoms with E-state index in [-0.39, 0.29) is 18.1 Å². The van der Waals surface area contributed by atoms with Crippen molar-refractivity contribution in [3.63, 3.8) is 0 Å². The van der Waals surface area contributed by atoms with E-state index in [1.54, 1.807) is 52.8 Å². The fourth-order valence-corrected chi connectivity index (χ4v) is 5.61. The Morgan fingerprint density at radius 3 is 2.43 bits per heavy atom. The molecule has 0 heterocycles. The zero-order chi connectivity index (χ0) is 27.6. The lowest BCUT2D eigenvalue weighted by molar-refractivity contribution is -0.157. The van der Waals surface area contributed by atoms with Crippen molar-refractivity contribution in [1.82, 2.24) is 4.72 Å². The van der Waals surface area contributed by atoms with Gasteiger partial charge in [0, 0.05) is 6.04 Å². The Morgan fingerprint density at radius 1 is 1.11 bits per heavy atom. The van der Waals surface area contributed by atoms with Crippen molar-refractivity contribution in [1.29, 1.82) is 0 Å². The van der Waals surface area contributed by atoms with Gasteiger partial charge in [-0.15, -0.1) is 0 Å². The van der Waals surface area contributed by atoms with E-state index in [1.165, 1.54) is 6.07 Å². The molecule has 1 atom stereocenters. The smallest absolute Gasteiger partial charge is 0.416 e. The fraction of sp³-hybridized carbons (Fsp3) is 0.519. The molecule has 0 saturated carbocycles. The highest BCUT2D eigenvalue weighted by Gasteiger charge is 2.34. The summed E-state index contributed by atoms with van der Waals surface area (Å²) in [7, 11) is -4.28. The minimum atomic E-state index is -4.68. The van der Waals surface area contributed by atoms with Crippen LogP contribution < -0.4 is 9.46 Å². The number of hydrogen-bond donors (Lipinski definition) is 1. The summed E-state index contributed by atoms with van der Waals surface area (Å²) in [4.78, 5) is 11.7. The number of ether oxygens (including phenoxy) is 2. The Bertz CT molecular complexity index is 1230. The maximum Gasteiger partial charge on any atom is 0.416 e. The number of alkyl halides is 3. The molecule has 3 rings (SSSR count). The summed E-state index contributed by atoms with van der Waals surface area (Å²) >= 11 is 0. The molecular weight excluding hydrogens is 507 g/mol. The number of nitrogens with one attached hydrogen (secondary N) is 1. The van der Waals surface area contributed by atoms with Crippen LogP contribution in [0.25, 0.3) is 0 Å². The normalized spacial score (nSPS) is 16.7. The molecule has 0 saturated heterocycles. The first-order valence-corrected chi connectivity index (χ1v) is 13.8. The zero-order valence-electron chi connectivity index (χ0n) is 21.7. The first-order valence-electron chi connectivity index (χ1n) is 12.3. The van der Waals surface area contributed by atoms with Gasteiger partial charge in [-0.05, 0) is 86.9 Å². The monoisotopic (exact) mass is 541 g/mol. The second-order valence-electron chi connectivity index (χ2n) is 10.6. The second kappa shape index (κ2) is 11.0. The molecule has 0 spiro atoms. The lowest BCUT2D eigenvalue weighted by Crippen LogP contribution is -2.29. The van der Waals surface area contributed by atoms with Gasteiger partial charge in [0.25, 0.3) is 0 Å². The van der Waals surface area contributed by atoms with Crippen LogP contribution in [0.2, 0.25) is 0 Å². The number of hydrogen-bond acceptors (Lipinski definition) is 5. The first kappa shape index (κ1) is 29.0. The molecule has 0 bridgehead atoms. The fourth-order valence-electron chi connectivity index (χ4n) is 4.28. The van der Waals surface area contributed by atoms with Gasteiger partial charge in [0.2, 0.25) is 10.0 Å². The average molecular weight is 542 g/mol. The van der Waals surface area contributed by atoms with Gasteiger partial charge in [0.05, 0.1) is 10.5 Å². The average Bonchev–Trinajstić information content (AvgIpc) is 2.98. The van der Waals surface area contributed by atoms with Crippen LogP contribution in [0, 0.1) is 0 Å². The van der Waals surface area contributed by atoms with Crippen molar-refractivity contribution in [3.05, 3.63) is 58.7 Å². The molecule has 1 aliphatic carbocycles. The summed E-state index contributed by atoms with van der Waals surface area (Å²) in [6, 6.07) is 7.48. The van der Waals surface area contributed by atoms with Crippen LogP contribution in [-0.2, 0) is 32.2 Å². The molecule has 10 heteroatoms. The Hall–Kier alpha value is -2.59. The summed E-state index contributed by atoms with van der Waals surface area (Å²) in [5.74, 6) is -0.364. The van der Waals surface area contributed by atoms with Crippen molar-refractivity contribution in [2.45, 2.75) is 88.9 Å². The predicted molar refractivity (Wildman–Crippen MR) is 134 cm³/mol. The Labute approximate surface area is 216 Å². The maximum atomic E-state index is 13.5. The van der Waals surface area contributed by atoms with Gasteiger partial charge in [0.15, 0.2) is 6.61 Å². The van der Waals surface area contributed by atoms with Crippen molar-refractivity contribution in [2.75, 3.05) is 6.61 Å². The number of fused-ring (bicyclic) bond motifs is 1. The molecule has 37 heavy (non-hydrogen) atoms. The molecule has 0 fully saturated rings. The summed E-state index contributed by atoms with van der Waals surface area (Å²) in [5, 5.41) is 0. The predicted octanol–water partition coefficient (Wildman–Crippen LogP) is 6.30. The largest absolute Gasteiger partial charge is 0.482 e. The van der Waals surface area contributed by atoms with E-state index in [9.17, 15) is 26.4 Å². The standard InChI is InChI=1S/C27H34F3NO5S/c1-17(2)18-13-19(27(28,29)30)15-20(14-18)37(33,34)31-23-11-7-6-9-22-21(23)10-8-12-24(22)35-16-25(32)36-26(3,4)5/h8,10,12-15,17,23,31H,6-7,9,11,16H2,1-5H3. The van der Waals surface area contributed by atoms with Gasteiger partial charge in [0.1, 0.15) is 11.4 Å². The Morgan fingerprint density at radius 2 is 1.81 bits per heavy atom. The van der Waals surface area contributed by atoms with Crippen LogP contribution >= 0.6 is 0 Å². The number of carbonyl (C=O) groups excluding carboxylic acids is 1. The SMILES string of the molecule is CC(C)c1cc(C(F)(F)F)cc(S(=O)(=O)NC2CCCCc3c(OCC(=O)OC(C)(C)C)cccc32)c1. The number of rotatable bonds is 7. The van der Waals surface area contributed by atoms with Gasteiger partial charge in [-0.3, -0.25) is 0 Å². The van der Waals surface area contributed by atoms with Gasteiger partial charge in [-0.2, -0.15) is 13.2 Å². The third-order valence-electron chi connectivity index (χ3n) is 6.01. The summed E-state index contributed by atoms with van der Waals surface area (Å²) < 4.78 is 80.9. The van der Waals surface area contributed by atoms with E-state index in [2.05, 4.69) is 4.72 Å². The van der Waals surface area contributed by atoms with E-state index in [0.717, 1.165) is 18.1 Å². The van der Waals surface area contributed by atoms with Gasteiger partial charge in [-0.25, -0.2) is 17.9 Å². The van der Waals surface area contributed by atoms with Crippen LogP contribution in [0.4, 0.5) is 13.2 Å². The van der Waals surface area contributed by atoms with E-state index in [0.29, 0.717) is 36.6 Å². The highest BCUT2D eigenvalue weighted by atomic mass is 32.2. The molecule has 6 nitrogen and oxygen atoms in total. The lowest BCUT2D eigenvalue weighted by atomic mass is 9.99. The topological polar surface area (TPSA) is 81.7 Å². The summed E-state index contributed by atoms with van der Waals surface area (Å²) in [5.41, 5.74) is 0.0745. The molecule has 0 aromatic heterocycles. The molecule has 204 valence electrons. The molecule has 0 amide bonds. The number of benzene rings is 2. The van der Waals surface area contributed by atoms with Crippen LogP contribution in [-0.4, -0.2) is 26.6 Å². The number of esters is 1. The van der Waals surface area contributed by atoms with Crippen molar-refractivity contribution >= 4 is 16.0 Å². The third-order valence-corrected chi connectivity index (χ3v) is 7.46. The van der Waals surface area contributed by atoms with Crippen LogP contribution in [0.1, 0.15) is 88.1 Å². The molecule has 0 aliphatic heterocycles. The highest BCUT2D eigenvalue weighted by Crippen LogP contribution is 2.37. The Balaban J connectivity index is 1.91. The first-order chi connectivity index (χ1) is 17.1. The van der Waals surface area contributed by atoms with Gasteiger partial charge >= 0.3 is 12.1 Å². The molecular formula is C27H34F3NO5S. The Kier molecular flexibility index (Phi) is 8.64. The molecule has 0 radical (unpaired) electrons. The summed E-state index contributed by atoms with van der Waals surface area (Å²) in [6.07, 6.45) is -2.13. The minimum absolute atomic E-state index is 0.286. The van der Waals surface area contributed by atoms with Crippen molar-refractivity contribution < 1.29 is 35.9 Å².